The van der Waals surface area contributed by atoms with Crippen LogP contribution in [0.4, 0.5) is 0 Å². The van der Waals surface area contributed by atoms with Crippen LogP contribution in [0, 0.1) is 46.3 Å². The first-order valence-electron chi connectivity index (χ1n) is 11.6. The lowest BCUT2D eigenvalue weighted by atomic mass is 9.44. The Morgan fingerprint density at radius 2 is 1.54 bits per heavy atom. The average molecular weight is 363 g/mol. The van der Waals surface area contributed by atoms with Crippen molar-refractivity contribution in [3.63, 3.8) is 0 Å². The van der Waals surface area contributed by atoms with E-state index in [1.54, 1.807) is 6.92 Å². The Morgan fingerprint density at radius 1 is 0.846 bits per heavy atom. The maximum absolute atomic E-state index is 9.63. The smallest absolute Gasteiger partial charge is 0.152 e. The van der Waals surface area contributed by atoms with Gasteiger partial charge in [-0.25, -0.2) is 0 Å². The van der Waals surface area contributed by atoms with E-state index >= 15 is 0 Å². The standard InChI is InChI=1S/C24H42O2/c1-15(2)20-8-9-21-19-7-6-17-14-18(26-16(3)25)10-12-23(17,4)22(19)11-13-24(20,21)5/h15-22,25H,6-14H2,1-5H3. The van der Waals surface area contributed by atoms with Crippen LogP contribution in [0.25, 0.3) is 0 Å². The van der Waals surface area contributed by atoms with Crippen LogP contribution in [-0.4, -0.2) is 17.5 Å². The van der Waals surface area contributed by atoms with Crippen molar-refractivity contribution < 1.29 is 9.84 Å². The zero-order valence-corrected chi connectivity index (χ0v) is 17.8. The zero-order chi connectivity index (χ0) is 18.7. The fraction of sp³-hybridized carbons (Fsp3) is 1.00. The normalized spacial score (nSPS) is 52.3. The lowest BCUT2D eigenvalue weighted by Gasteiger charge is -2.61. The summed E-state index contributed by atoms with van der Waals surface area (Å²) in [7, 11) is 0. The van der Waals surface area contributed by atoms with Crippen molar-refractivity contribution in [1.82, 2.24) is 0 Å². The third-order valence-electron chi connectivity index (χ3n) is 9.89. The predicted octanol–water partition coefficient (Wildman–Crippen LogP) is 6.02. The van der Waals surface area contributed by atoms with Gasteiger partial charge in [-0.3, -0.25) is 0 Å². The van der Waals surface area contributed by atoms with E-state index in [1.165, 1.54) is 51.4 Å². The molecule has 4 aliphatic rings. The summed E-state index contributed by atoms with van der Waals surface area (Å²) in [6.45, 7) is 12.0. The highest BCUT2D eigenvalue weighted by atomic mass is 16.6. The molecule has 0 aromatic heterocycles. The van der Waals surface area contributed by atoms with Crippen molar-refractivity contribution in [2.24, 2.45) is 46.3 Å². The van der Waals surface area contributed by atoms with Crippen molar-refractivity contribution in [2.45, 2.75) is 105 Å². The fourth-order valence-electron chi connectivity index (χ4n) is 8.76. The molecule has 2 heteroatoms. The van der Waals surface area contributed by atoms with E-state index in [1.807, 2.05) is 0 Å². The van der Waals surface area contributed by atoms with E-state index in [0.717, 1.165) is 41.9 Å². The first-order valence-corrected chi connectivity index (χ1v) is 11.6. The number of fused-ring (bicyclic) bond motifs is 5. The molecule has 2 nitrogen and oxygen atoms in total. The molecule has 0 heterocycles. The lowest BCUT2D eigenvalue weighted by Crippen LogP contribution is -2.54. The molecule has 9 atom stereocenters. The highest BCUT2D eigenvalue weighted by molar-refractivity contribution is 5.09. The summed E-state index contributed by atoms with van der Waals surface area (Å²) in [5.74, 6) is 5.52. The van der Waals surface area contributed by atoms with Gasteiger partial charge in [0.1, 0.15) is 0 Å². The molecule has 0 amide bonds. The van der Waals surface area contributed by atoms with E-state index in [4.69, 9.17) is 4.74 Å². The molecule has 9 unspecified atom stereocenters. The second-order valence-corrected chi connectivity index (χ2v) is 11.3. The molecule has 1 N–H and O–H groups in total. The number of hydrogen-bond acceptors (Lipinski definition) is 2. The molecule has 0 spiro atoms. The maximum atomic E-state index is 9.63. The topological polar surface area (TPSA) is 29.5 Å². The Bertz CT molecular complexity index is 514. The minimum absolute atomic E-state index is 0.287. The molecule has 0 aliphatic heterocycles. The third-order valence-corrected chi connectivity index (χ3v) is 9.89. The van der Waals surface area contributed by atoms with Gasteiger partial charge in [0.2, 0.25) is 0 Å². The van der Waals surface area contributed by atoms with Crippen LogP contribution in [0.1, 0.15) is 92.4 Å². The molecular formula is C24H42O2. The molecule has 4 fully saturated rings. The van der Waals surface area contributed by atoms with Crippen molar-refractivity contribution in [1.29, 1.82) is 0 Å². The van der Waals surface area contributed by atoms with Gasteiger partial charge in [-0.2, -0.15) is 0 Å². The second kappa shape index (κ2) is 6.76. The molecule has 0 radical (unpaired) electrons. The summed E-state index contributed by atoms with van der Waals surface area (Å²) in [4.78, 5) is 0. The average Bonchev–Trinajstić information content (AvgIpc) is 2.92. The van der Waals surface area contributed by atoms with Gasteiger partial charge in [0.25, 0.3) is 0 Å². The Kier molecular flexibility index (Phi) is 5.01. The molecule has 4 saturated carbocycles. The first-order chi connectivity index (χ1) is 12.3. The van der Waals surface area contributed by atoms with Gasteiger partial charge in [-0.15, -0.1) is 0 Å². The highest BCUT2D eigenvalue weighted by Crippen LogP contribution is 2.68. The Morgan fingerprint density at radius 3 is 2.23 bits per heavy atom. The molecule has 150 valence electrons. The minimum Gasteiger partial charge on any atom is -0.368 e. The third kappa shape index (κ3) is 2.89. The molecule has 0 saturated heterocycles. The fourth-order valence-corrected chi connectivity index (χ4v) is 8.76. The lowest BCUT2D eigenvalue weighted by molar-refractivity contribution is -0.175. The van der Waals surface area contributed by atoms with Gasteiger partial charge in [-0.1, -0.05) is 27.7 Å². The summed E-state index contributed by atoms with van der Waals surface area (Å²) < 4.78 is 5.80. The van der Waals surface area contributed by atoms with Crippen LogP contribution < -0.4 is 0 Å². The molecular weight excluding hydrogens is 320 g/mol. The SMILES string of the molecule is CC(O)OC1CCC2(C)C(CCC3C2CCC2(C)C(C(C)C)CCC32)C1. The minimum atomic E-state index is -0.609. The molecule has 0 aromatic rings. The zero-order valence-electron chi connectivity index (χ0n) is 17.8. The van der Waals surface area contributed by atoms with Crippen molar-refractivity contribution in [2.75, 3.05) is 0 Å². The Hall–Kier alpha value is -0.0800. The highest BCUT2D eigenvalue weighted by Gasteiger charge is 2.60. The van der Waals surface area contributed by atoms with Crippen molar-refractivity contribution in [3.8, 4) is 0 Å². The summed E-state index contributed by atoms with van der Waals surface area (Å²) in [6.07, 6.45) is 12.1. The number of aliphatic hydroxyl groups excluding tert-OH is 1. The predicted molar refractivity (Wildman–Crippen MR) is 107 cm³/mol. The summed E-state index contributed by atoms with van der Waals surface area (Å²) >= 11 is 0. The van der Waals surface area contributed by atoms with E-state index in [-0.39, 0.29) is 6.10 Å². The molecule has 0 aromatic carbocycles. The van der Waals surface area contributed by atoms with Gasteiger partial charge in [-0.05, 0) is 111 Å². The molecule has 4 aliphatic carbocycles. The van der Waals surface area contributed by atoms with Crippen molar-refractivity contribution in [3.05, 3.63) is 0 Å². The van der Waals surface area contributed by atoms with Crippen LogP contribution in [0.15, 0.2) is 0 Å². The van der Waals surface area contributed by atoms with Crippen LogP contribution in [-0.2, 0) is 4.74 Å². The van der Waals surface area contributed by atoms with E-state index in [9.17, 15) is 5.11 Å². The van der Waals surface area contributed by atoms with Gasteiger partial charge in [0.05, 0.1) is 6.10 Å². The maximum Gasteiger partial charge on any atom is 0.152 e. The largest absolute Gasteiger partial charge is 0.368 e. The van der Waals surface area contributed by atoms with Gasteiger partial charge < -0.3 is 9.84 Å². The van der Waals surface area contributed by atoms with Gasteiger partial charge in [0.15, 0.2) is 6.29 Å². The van der Waals surface area contributed by atoms with Gasteiger partial charge >= 0.3 is 0 Å². The molecule has 4 rings (SSSR count). The summed E-state index contributed by atoms with van der Waals surface area (Å²) in [6, 6.07) is 0. The quantitative estimate of drug-likeness (QED) is 0.622. The van der Waals surface area contributed by atoms with Crippen LogP contribution >= 0.6 is 0 Å². The first kappa shape index (κ1) is 19.2. The second-order valence-electron chi connectivity index (χ2n) is 11.3. The van der Waals surface area contributed by atoms with Crippen LogP contribution in [0.2, 0.25) is 0 Å². The van der Waals surface area contributed by atoms with E-state index in [2.05, 4.69) is 27.7 Å². The Labute approximate surface area is 161 Å². The summed E-state index contributed by atoms with van der Waals surface area (Å²) in [5, 5.41) is 9.63. The summed E-state index contributed by atoms with van der Waals surface area (Å²) in [5.41, 5.74) is 1.14. The van der Waals surface area contributed by atoms with Gasteiger partial charge in [0, 0.05) is 0 Å². The molecule has 26 heavy (non-hydrogen) atoms. The van der Waals surface area contributed by atoms with Crippen LogP contribution in [0.5, 0.6) is 0 Å². The number of hydrogen-bond donors (Lipinski definition) is 1. The Balaban J connectivity index is 1.52. The number of ether oxygens (including phenoxy) is 1. The monoisotopic (exact) mass is 362 g/mol. The number of rotatable bonds is 3. The number of aliphatic hydroxyl groups is 1. The van der Waals surface area contributed by atoms with Crippen molar-refractivity contribution >= 4 is 0 Å². The van der Waals surface area contributed by atoms with E-state index < -0.39 is 6.29 Å². The molecule has 0 bridgehead atoms. The van der Waals surface area contributed by atoms with Crippen LogP contribution in [0.3, 0.4) is 0 Å². The van der Waals surface area contributed by atoms with E-state index in [0.29, 0.717) is 10.8 Å².